The van der Waals surface area contributed by atoms with Crippen molar-refractivity contribution in [3.05, 3.63) is 102 Å². The second-order valence-electron chi connectivity index (χ2n) is 7.63. The molecule has 0 saturated carbocycles. The lowest BCUT2D eigenvalue weighted by Crippen LogP contribution is -2.53. The molecule has 0 radical (unpaired) electrons. The molecular weight excluding hydrogens is 372 g/mol. The number of para-hydroxylation sites is 1. The Bertz CT molecular complexity index is 925. The Hall–Kier alpha value is -2.95. The molecule has 1 aliphatic rings. The number of likely N-dealkylation sites (N-methyl/N-ethyl adjacent to an activating group) is 1. The normalized spacial score (nSPS) is 16.6. The molecule has 30 heavy (non-hydrogen) atoms. The lowest BCUT2D eigenvalue weighted by atomic mass is 9.89. The number of carbonyl (C=O) groups is 1. The summed E-state index contributed by atoms with van der Waals surface area (Å²) in [4.78, 5) is 18.4. The molecule has 1 saturated heterocycles. The number of nitrogens with zero attached hydrogens (tertiary/aromatic N) is 2. The topological polar surface area (TPSA) is 32.8 Å². The number of carbonyl (C=O) groups excluding carboxylic acids is 1. The van der Waals surface area contributed by atoms with Crippen molar-refractivity contribution in [2.75, 3.05) is 38.3 Å². The molecule has 0 N–H and O–H groups in total. The van der Waals surface area contributed by atoms with Crippen molar-refractivity contribution in [3.63, 3.8) is 0 Å². The van der Waals surface area contributed by atoms with E-state index in [4.69, 9.17) is 4.74 Å². The predicted octanol–water partition coefficient (Wildman–Crippen LogP) is 4.45. The molecule has 0 aliphatic carbocycles. The van der Waals surface area contributed by atoms with Gasteiger partial charge in [0.2, 0.25) is 0 Å². The second kappa shape index (κ2) is 9.70. The molecule has 4 rings (SSSR count). The van der Waals surface area contributed by atoms with E-state index in [1.54, 1.807) is 0 Å². The first-order chi connectivity index (χ1) is 14.8. The number of hydrogen-bond donors (Lipinski definition) is 0. The number of anilines is 1. The molecule has 154 valence electrons. The maximum absolute atomic E-state index is 13.9. The van der Waals surface area contributed by atoms with Crippen LogP contribution in [0.1, 0.15) is 22.0 Å². The molecule has 0 aromatic heterocycles. The third-order valence-corrected chi connectivity index (χ3v) is 5.79. The van der Waals surface area contributed by atoms with Crippen molar-refractivity contribution in [1.82, 2.24) is 4.90 Å². The number of Topliss-reactive ketones (excluding diaryl/α,β-unsaturated/α-hetero) is 1. The zero-order valence-corrected chi connectivity index (χ0v) is 17.4. The molecule has 4 nitrogen and oxygen atoms in total. The lowest BCUT2D eigenvalue weighted by Gasteiger charge is -2.42. The largest absolute Gasteiger partial charge is 0.379 e. The average Bonchev–Trinajstić information content (AvgIpc) is 2.84. The maximum atomic E-state index is 13.9. The van der Waals surface area contributed by atoms with Gasteiger partial charge in [0.1, 0.15) is 0 Å². The first kappa shape index (κ1) is 20.3. The molecule has 3 aromatic rings. The van der Waals surface area contributed by atoms with E-state index in [2.05, 4.69) is 41.1 Å². The summed E-state index contributed by atoms with van der Waals surface area (Å²) in [5.74, 6) is 0.147. The van der Waals surface area contributed by atoms with Crippen LogP contribution in [0.25, 0.3) is 0 Å². The third kappa shape index (κ3) is 4.45. The van der Waals surface area contributed by atoms with E-state index in [1.165, 1.54) is 0 Å². The maximum Gasteiger partial charge on any atom is 0.182 e. The van der Waals surface area contributed by atoms with E-state index in [1.807, 2.05) is 66.7 Å². The number of ketones is 1. The number of hydrogen-bond acceptors (Lipinski definition) is 4. The van der Waals surface area contributed by atoms with E-state index in [0.717, 1.165) is 29.9 Å². The van der Waals surface area contributed by atoms with Gasteiger partial charge in [-0.15, -0.1) is 0 Å². The van der Waals surface area contributed by atoms with E-state index in [9.17, 15) is 4.79 Å². The van der Waals surface area contributed by atoms with Gasteiger partial charge in [-0.25, -0.2) is 0 Å². The highest BCUT2D eigenvalue weighted by Crippen LogP contribution is 2.33. The fraction of sp³-hybridized carbons (Fsp3) is 0.269. The second-order valence-corrected chi connectivity index (χ2v) is 7.63. The van der Waals surface area contributed by atoms with Crippen LogP contribution < -0.4 is 4.90 Å². The first-order valence-electron chi connectivity index (χ1n) is 10.5. The predicted molar refractivity (Wildman–Crippen MR) is 121 cm³/mol. The Morgan fingerprint density at radius 1 is 0.833 bits per heavy atom. The summed E-state index contributed by atoms with van der Waals surface area (Å²) < 4.78 is 5.60. The molecule has 4 heteroatoms. The van der Waals surface area contributed by atoms with Gasteiger partial charge in [0, 0.05) is 31.4 Å². The van der Waals surface area contributed by atoms with Crippen LogP contribution in [-0.2, 0) is 4.74 Å². The van der Waals surface area contributed by atoms with Gasteiger partial charge in [0.15, 0.2) is 5.78 Å². The van der Waals surface area contributed by atoms with Crippen LogP contribution in [-0.4, -0.2) is 50.1 Å². The number of rotatable bonds is 7. The summed E-state index contributed by atoms with van der Waals surface area (Å²) in [6, 6.07) is 29.8. The Balaban J connectivity index is 1.80. The van der Waals surface area contributed by atoms with Crippen LogP contribution in [0.3, 0.4) is 0 Å². The minimum Gasteiger partial charge on any atom is -0.379 e. The highest BCUT2D eigenvalue weighted by atomic mass is 16.5. The average molecular weight is 401 g/mol. The smallest absolute Gasteiger partial charge is 0.182 e. The molecule has 1 aliphatic heterocycles. The fourth-order valence-electron chi connectivity index (χ4n) is 4.23. The molecule has 0 bridgehead atoms. The fourth-order valence-corrected chi connectivity index (χ4v) is 4.23. The molecule has 0 amide bonds. The monoisotopic (exact) mass is 400 g/mol. The summed E-state index contributed by atoms with van der Waals surface area (Å²) >= 11 is 0. The molecule has 1 fully saturated rings. The van der Waals surface area contributed by atoms with Crippen LogP contribution in [0.4, 0.5) is 5.69 Å². The summed E-state index contributed by atoms with van der Waals surface area (Å²) in [6.07, 6.45) is 0. The van der Waals surface area contributed by atoms with E-state index >= 15 is 0 Å². The zero-order valence-electron chi connectivity index (χ0n) is 17.4. The lowest BCUT2D eigenvalue weighted by molar-refractivity contribution is 0.0124. The quantitative estimate of drug-likeness (QED) is 0.549. The van der Waals surface area contributed by atoms with Gasteiger partial charge in [-0.2, -0.15) is 0 Å². The molecule has 2 unspecified atom stereocenters. The van der Waals surface area contributed by atoms with Crippen LogP contribution in [0, 0.1) is 0 Å². The summed E-state index contributed by atoms with van der Waals surface area (Å²) in [6.45, 7) is 2.79. The van der Waals surface area contributed by atoms with Gasteiger partial charge in [0.25, 0.3) is 0 Å². The van der Waals surface area contributed by atoms with Gasteiger partial charge in [-0.3, -0.25) is 9.69 Å². The van der Waals surface area contributed by atoms with Crippen LogP contribution in [0.5, 0.6) is 0 Å². The van der Waals surface area contributed by atoms with Gasteiger partial charge < -0.3 is 9.64 Å². The summed E-state index contributed by atoms with van der Waals surface area (Å²) in [5.41, 5.74) is 2.96. The minimum atomic E-state index is -0.316. The highest BCUT2D eigenvalue weighted by Gasteiger charge is 2.38. The third-order valence-electron chi connectivity index (χ3n) is 5.79. The van der Waals surface area contributed by atoms with Crippen molar-refractivity contribution in [2.24, 2.45) is 0 Å². The number of benzene rings is 3. The molecule has 0 spiro atoms. The van der Waals surface area contributed by atoms with Gasteiger partial charge >= 0.3 is 0 Å². The Labute approximate surface area is 178 Å². The Morgan fingerprint density at radius 2 is 1.37 bits per heavy atom. The van der Waals surface area contributed by atoms with Gasteiger partial charge in [-0.05, 0) is 17.7 Å². The molecule has 2 atom stereocenters. The van der Waals surface area contributed by atoms with Crippen molar-refractivity contribution < 1.29 is 9.53 Å². The highest BCUT2D eigenvalue weighted by molar-refractivity contribution is 6.01. The minimum absolute atomic E-state index is 0.126. The van der Waals surface area contributed by atoms with Crippen LogP contribution in [0.15, 0.2) is 91.0 Å². The number of ether oxygens (including phenoxy) is 1. The molecule has 3 aromatic carbocycles. The summed E-state index contributed by atoms with van der Waals surface area (Å²) in [5, 5.41) is 0. The van der Waals surface area contributed by atoms with Gasteiger partial charge in [-0.1, -0.05) is 78.9 Å². The van der Waals surface area contributed by atoms with E-state index in [-0.39, 0.29) is 17.9 Å². The van der Waals surface area contributed by atoms with Gasteiger partial charge in [0.05, 0.1) is 25.3 Å². The summed E-state index contributed by atoms with van der Waals surface area (Å²) in [7, 11) is 2.08. The number of morpholine rings is 1. The molecule has 1 heterocycles. The van der Waals surface area contributed by atoms with E-state index < -0.39 is 0 Å². The Kier molecular flexibility index (Phi) is 6.57. The van der Waals surface area contributed by atoms with Crippen molar-refractivity contribution >= 4 is 11.5 Å². The van der Waals surface area contributed by atoms with Crippen LogP contribution in [0.2, 0.25) is 0 Å². The standard InChI is InChI=1S/C26H28N2O2/c1-27(23-15-9-4-10-16-23)24(21-11-5-2-6-12-21)25(28-17-19-30-20-18-28)26(29)22-13-7-3-8-14-22/h2-16,24-25H,17-20H2,1H3. The van der Waals surface area contributed by atoms with E-state index in [0.29, 0.717) is 13.2 Å². The Morgan fingerprint density at radius 3 is 1.97 bits per heavy atom. The zero-order chi connectivity index (χ0) is 20.8. The van der Waals surface area contributed by atoms with Crippen molar-refractivity contribution in [3.8, 4) is 0 Å². The van der Waals surface area contributed by atoms with Crippen molar-refractivity contribution in [2.45, 2.75) is 12.1 Å². The SMILES string of the molecule is CN(c1ccccc1)C(c1ccccc1)C(C(=O)c1ccccc1)N1CCOCC1. The molecular formula is C26H28N2O2. The first-order valence-corrected chi connectivity index (χ1v) is 10.5. The van der Waals surface area contributed by atoms with Crippen molar-refractivity contribution in [1.29, 1.82) is 0 Å². The van der Waals surface area contributed by atoms with Crippen LogP contribution >= 0.6 is 0 Å².